The van der Waals surface area contributed by atoms with Crippen LogP contribution in [-0.2, 0) is 0 Å². The average molecular weight is 229 g/mol. The number of nitrogens with one attached hydrogen (secondary N) is 1. The van der Waals surface area contributed by atoms with Crippen molar-refractivity contribution in [1.82, 2.24) is 0 Å². The van der Waals surface area contributed by atoms with Crippen molar-refractivity contribution in [2.24, 2.45) is 11.8 Å². The van der Waals surface area contributed by atoms with E-state index in [0.29, 0.717) is 0 Å². The molecule has 2 fully saturated rings. The zero-order valence-corrected chi connectivity index (χ0v) is 10.8. The molecule has 1 aromatic rings. The SMILES string of the molecule is Cc1ccccc1NC1CCCC(C2CC2)C1. The molecule has 0 radical (unpaired) electrons. The summed E-state index contributed by atoms with van der Waals surface area (Å²) in [6.45, 7) is 2.20. The summed E-state index contributed by atoms with van der Waals surface area (Å²) in [7, 11) is 0. The van der Waals surface area contributed by atoms with E-state index in [9.17, 15) is 0 Å². The second kappa shape index (κ2) is 4.72. The molecule has 0 heterocycles. The Labute approximate surface area is 105 Å². The van der Waals surface area contributed by atoms with Gasteiger partial charge >= 0.3 is 0 Å². The number of para-hydroxylation sites is 1. The number of hydrogen-bond donors (Lipinski definition) is 1. The molecular weight excluding hydrogens is 206 g/mol. The van der Waals surface area contributed by atoms with Crippen LogP contribution in [-0.4, -0.2) is 6.04 Å². The third kappa shape index (κ3) is 2.65. The van der Waals surface area contributed by atoms with Gasteiger partial charge in [-0.05, 0) is 56.1 Å². The van der Waals surface area contributed by atoms with Crippen LogP contribution in [0.5, 0.6) is 0 Å². The van der Waals surface area contributed by atoms with Crippen molar-refractivity contribution < 1.29 is 0 Å². The summed E-state index contributed by atoms with van der Waals surface area (Å²) in [4.78, 5) is 0. The lowest BCUT2D eigenvalue weighted by Crippen LogP contribution is -2.28. The minimum atomic E-state index is 0.718. The van der Waals surface area contributed by atoms with Crippen molar-refractivity contribution in [3.05, 3.63) is 29.8 Å². The maximum atomic E-state index is 3.76. The summed E-state index contributed by atoms with van der Waals surface area (Å²) >= 11 is 0. The molecule has 1 heteroatoms. The lowest BCUT2D eigenvalue weighted by molar-refractivity contribution is 0.303. The number of aryl methyl sites for hydroxylation is 1. The zero-order chi connectivity index (χ0) is 11.7. The summed E-state index contributed by atoms with van der Waals surface area (Å²) in [6.07, 6.45) is 8.67. The third-order valence-electron chi connectivity index (χ3n) is 4.51. The van der Waals surface area contributed by atoms with Gasteiger partial charge in [-0.2, -0.15) is 0 Å². The molecule has 0 spiro atoms. The highest BCUT2D eigenvalue weighted by Crippen LogP contribution is 2.44. The van der Waals surface area contributed by atoms with E-state index < -0.39 is 0 Å². The predicted octanol–water partition coefficient (Wildman–Crippen LogP) is 4.38. The summed E-state index contributed by atoms with van der Waals surface area (Å²) < 4.78 is 0. The molecule has 2 aliphatic rings. The molecular formula is C16H23N. The van der Waals surface area contributed by atoms with E-state index in [1.807, 2.05) is 0 Å². The maximum Gasteiger partial charge on any atom is 0.0372 e. The fourth-order valence-corrected chi connectivity index (χ4v) is 3.31. The van der Waals surface area contributed by atoms with Gasteiger partial charge in [-0.25, -0.2) is 0 Å². The van der Waals surface area contributed by atoms with Gasteiger partial charge in [0, 0.05) is 11.7 Å². The Hall–Kier alpha value is -0.980. The molecule has 1 aromatic carbocycles. The largest absolute Gasteiger partial charge is 0.382 e. The van der Waals surface area contributed by atoms with E-state index in [-0.39, 0.29) is 0 Å². The minimum absolute atomic E-state index is 0.718. The second-order valence-corrected chi connectivity index (χ2v) is 5.92. The second-order valence-electron chi connectivity index (χ2n) is 5.92. The molecule has 2 aliphatic carbocycles. The van der Waals surface area contributed by atoms with Gasteiger partial charge in [0.25, 0.3) is 0 Å². The first-order chi connectivity index (χ1) is 8.33. The topological polar surface area (TPSA) is 12.0 Å². The predicted molar refractivity (Wildman–Crippen MR) is 73.3 cm³/mol. The summed E-state index contributed by atoms with van der Waals surface area (Å²) in [5.41, 5.74) is 2.72. The highest BCUT2D eigenvalue weighted by Gasteiger charge is 2.34. The van der Waals surface area contributed by atoms with Crippen LogP contribution in [0.4, 0.5) is 5.69 Å². The van der Waals surface area contributed by atoms with Gasteiger partial charge in [-0.15, -0.1) is 0 Å². The van der Waals surface area contributed by atoms with E-state index in [2.05, 4.69) is 36.5 Å². The molecule has 2 unspecified atom stereocenters. The van der Waals surface area contributed by atoms with Gasteiger partial charge in [0.05, 0.1) is 0 Å². The normalized spacial score (nSPS) is 29.0. The van der Waals surface area contributed by atoms with Gasteiger partial charge in [0.15, 0.2) is 0 Å². The molecule has 0 bridgehead atoms. The number of rotatable bonds is 3. The Kier molecular flexibility index (Phi) is 3.09. The molecule has 1 N–H and O–H groups in total. The smallest absolute Gasteiger partial charge is 0.0372 e. The molecule has 0 amide bonds. The molecule has 0 aliphatic heterocycles. The first-order valence-electron chi connectivity index (χ1n) is 7.15. The van der Waals surface area contributed by atoms with E-state index in [1.54, 1.807) is 0 Å². The van der Waals surface area contributed by atoms with Crippen LogP contribution in [0.3, 0.4) is 0 Å². The number of anilines is 1. The standard InChI is InChI=1S/C16H23N/c1-12-5-2-3-8-16(12)17-15-7-4-6-14(11-15)13-9-10-13/h2-3,5,8,13-15,17H,4,6-7,9-11H2,1H3. The number of benzene rings is 1. The van der Waals surface area contributed by atoms with Crippen LogP contribution in [0.1, 0.15) is 44.1 Å². The van der Waals surface area contributed by atoms with Crippen LogP contribution in [0.25, 0.3) is 0 Å². The van der Waals surface area contributed by atoms with Gasteiger partial charge in [0.1, 0.15) is 0 Å². The Morgan fingerprint density at radius 2 is 1.82 bits per heavy atom. The first-order valence-corrected chi connectivity index (χ1v) is 7.15. The quantitative estimate of drug-likeness (QED) is 0.811. The molecule has 92 valence electrons. The Morgan fingerprint density at radius 1 is 1.00 bits per heavy atom. The van der Waals surface area contributed by atoms with Gasteiger partial charge < -0.3 is 5.32 Å². The molecule has 0 saturated heterocycles. The van der Waals surface area contributed by atoms with Crippen LogP contribution in [0, 0.1) is 18.8 Å². The van der Waals surface area contributed by atoms with E-state index in [1.165, 1.54) is 49.8 Å². The van der Waals surface area contributed by atoms with Crippen LogP contribution in [0.15, 0.2) is 24.3 Å². The Morgan fingerprint density at radius 3 is 2.59 bits per heavy atom. The van der Waals surface area contributed by atoms with Crippen molar-refractivity contribution in [3.63, 3.8) is 0 Å². The van der Waals surface area contributed by atoms with Crippen LogP contribution >= 0.6 is 0 Å². The van der Waals surface area contributed by atoms with E-state index in [0.717, 1.165) is 17.9 Å². The van der Waals surface area contributed by atoms with E-state index >= 15 is 0 Å². The monoisotopic (exact) mass is 229 g/mol. The maximum absolute atomic E-state index is 3.76. The van der Waals surface area contributed by atoms with Crippen molar-refractivity contribution in [2.75, 3.05) is 5.32 Å². The molecule has 3 rings (SSSR count). The van der Waals surface area contributed by atoms with Crippen LogP contribution in [0.2, 0.25) is 0 Å². The van der Waals surface area contributed by atoms with Crippen molar-refractivity contribution in [3.8, 4) is 0 Å². The average Bonchev–Trinajstić information content (AvgIpc) is 3.17. The zero-order valence-electron chi connectivity index (χ0n) is 10.8. The summed E-state index contributed by atoms with van der Waals surface area (Å²) in [5.74, 6) is 2.10. The summed E-state index contributed by atoms with van der Waals surface area (Å²) in [5, 5.41) is 3.76. The molecule has 2 saturated carbocycles. The molecule has 1 nitrogen and oxygen atoms in total. The van der Waals surface area contributed by atoms with Crippen LogP contribution < -0.4 is 5.32 Å². The van der Waals surface area contributed by atoms with Crippen molar-refractivity contribution in [2.45, 2.75) is 51.5 Å². The van der Waals surface area contributed by atoms with Crippen molar-refractivity contribution >= 4 is 5.69 Å². The molecule has 2 atom stereocenters. The molecule has 17 heavy (non-hydrogen) atoms. The van der Waals surface area contributed by atoms with E-state index in [4.69, 9.17) is 0 Å². The summed E-state index contributed by atoms with van der Waals surface area (Å²) in [6, 6.07) is 9.39. The van der Waals surface area contributed by atoms with Gasteiger partial charge in [0.2, 0.25) is 0 Å². The third-order valence-corrected chi connectivity index (χ3v) is 4.51. The van der Waals surface area contributed by atoms with Gasteiger partial charge in [-0.1, -0.05) is 31.0 Å². The highest BCUT2D eigenvalue weighted by molar-refractivity contribution is 5.50. The van der Waals surface area contributed by atoms with Crippen molar-refractivity contribution in [1.29, 1.82) is 0 Å². The lowest BCUT2D eigenvalue weighted by atomic mass is 9.82. The first kappa shape index (κ1) is 11.1. The highest BCUT2D eigenvalue weighted by atomic mass is 14.9. The van der Waals surface area contributed by atoms with Gasteiger partial charge in [-0.3, -0.25) is 0 Å². The molecule has 0 aromatic heterocycles. The lowest BCUT2D eigenvalue weighted by Gasteiger charge is -2.31. The Bertz CT molecular complexity index is 381. The minimum Gasteiger partial charge on any atom is -0.382 e. The Balaban J connectivity index is 1.62. The fourth-order valence-electron chi connectivity index (χ4n) is 3.31. The number of hydrogen-bond acceptors (Lipinski definition) is 1. The fraction of sp³-hybridized carbons (Fsp3) is 0.625.